The number of nitro groups is 1. The van der Waals surface area contributed by atoms with E-state index in [1.165, 1.54) is 12.1 Å². The van der Waals surface area contributed by atoms with Gasteiger partial charge >= 0.3 is 0 Å². The van der Waals surface area contributed by atoms with E-state index in [-0.39, 0.29) is 18.3 Å². The smallest absolute Gasteiger partial charge is 0.269 e. The van der Waals surface area contributed by atoms with E-state index in [0.717, 1.165) is 11.1 Å². The molecule has 0 aromatic heterocycles. The Bertz CT molecular complexity index is 599. The van der Waals surface area contributed by atoms with Gasteiger partial charge in [0.15, 0.2) is 0 Å². The van der Waals surface area contributed by atoms with Crippen LogP contribution in [0.5, 0.6) is 0 Å². The maximum atomic E-state index is 10.6. The summed E-state index contributed by atoms with van der Waals surface area (Å²) in [4.78, 5) is 10.2. The fraction of sp³-hybridized carbons (Fsp3) is 0.200. The molecular formula is C15H15ClN2O3. The molecule has 1 unspecified atom stereocenters. The highest BCUT2D eigenvalue weighted by atomic mass is 35.5. The summed E-state index contributed by atoms with van der Waals surface area (Å²) in [6.45, 7) is 0.459. The fourth-order valence-electron chi connectivity index (χ4n) is 1.96. The van der Waals surface area contributed by atoms with E-state index in [1.807, 2.05) is 12.1 Å². The van der Waals surface area contributed by atoms with Gasteiger partial charge in [-0.2, -0.15) is 0 Å². The molecule has 21 heavy (non-hydrogen) atoms. The standard InChI is InChI=1S/C15H15ClN2O3/c16-13-5-3-12(4-6-13)15(10-19)17-9-11-1-7-14(8-2-11)18(20)21/h1-8,15,17,19H,9-10H2. The summed E-state index contributed by atoms with van der Waals surface area (Å²) in [5.41, 5.74) is 1.91. The van der Waals surface area contributed by atoms with Crippen LogP contribution in [0, 0.1) is 10.1 Å². The maximum Gasteiger partial charge on any atom is 0.269 e. The number of rotatable bonds is 6. The van der Waals surface area contributed by atoms with Crippen LogP contribution in [0.1, 0.15) is 17.2 Å². The van der Waals surface area contributed by atoms with E-state index in [4.69, 9.17) is 11.6 Å². The van der Waals surface area contributed by atoms with E-state index in [9.17, 15) is 15.2 Å². The Morgan fingerprint density at radius 3 is 2.29 bits per heavy atom. The molecule has 0 heterocycles. The molecule has 0 saturated heterocycles. The van der Waals surface area contributed by atoms with Crippen molar-refractivity contribution >= 4 is 17.3 Å². The number of nitro benzene ring substituents is 1. The molecule has 2 rings (SSSR count). The predicted molar refractivity (Wildman–Crippen MR) is 81.2 cm³/mol. The molecule has 0 spiro atoms. The number of hydrogen-bond donors (Lipinski definition) is 2. The molecular weight excluding hydrogens is 292 g/mol. The average Bonchev–Trinajstić information content (AvgIpc) is 2.50. The van der Waals surface area contributed by atoms with Crippen LogP contribution in [-0.4, -0.2) is 16.6 Å². The van der Waals surface area contributed by atoms with Crippen LogP contribution >= 0.6 is 11.6 Å². The first-order valence-corrected chi connectivity index (χ1v) is 6.81. The minimum absolute atomic E-state index is 0.0470. The quantitative estimate of drug-likeness (QED) is 0.635. The third kappa shape index (κ3) is 4.26. The van der Waals surface area contributed by atoms with Crippen LogP contribution in [-0.2, 0) is 6.54 Å². The van der Waals surface area contributed by atoms with Crippen molar-refractivity contribution < 1.29 is 10.0 Å². The third-order valence-electron chi connectivity index (χ3n) is 3.15. The molecule has 6 heteroatoms. The SMILES string of the molecule is O=[N+]([O-])c1ccc(CNC(CO)c2ccc(Cl)cc2)cc1. The molecule has 0 fully saturated rings. The molecule has 110 valence electrons. The van der Waals surface area contributed by atoms with E-state index >= 15 is 0 Å². The molecule has 0 aliphatic rings. The number of aliphatic hydroxyl groups is 1. The summed E-state index contributed by atoms with van der Waals surface area (Å²) in [7, 11) is 0. The van der Waals surface area contributed by atoms with Crippen molar-refractivity contribution in [3.63, 3.8) is 0 Å². The Morgan fingerprint density at radius 1 is 1.14 bits per heavy atom. The van der Waals surface area contributed by atoms with Crippen molar-refractivity contribution in [3.8, 4) is 0 Å². The second kappa shape index (κ2) is 7.17. The summed E-state index contributed by atoms with van der Waals surface area (Å²) < 4.78 is 0. The van der Waals surface area contributed by atoms with Crippen LogP contribution in [0.3, 0.4) is 0 Å². The van der Waals surface area contributed by atoms with Gasteiger partial charge in [0.2, 0.25) is 0 Å². The topological polar surface area (TPSA) is 75.4 Å². The van der Waals surface area contributed by atoms with E-state index < -0.39 is 4.92 Å². The fourth-order valence-corrected chi connectivity index (χ4v) is 2.09. The van der Waals surface area contributed by atoms with Crippen LogP contribution in [0.25, 0.3) is 0 Å². The first kappa shape index (κ1) is 15.4. The van der Waals surface area contributed by atoms with Gasteiger partial charge in [0.1, 0.15) is 0 Å². The number of nitrogens with zero attached hydrogens (tertiary/aromatic N) is 1. The van der Waals surface area contributed by atoms with Crippen LogP contribution in [0.2, 0.25) is 5.02 Å². The highest BCUT2D eigenvalue weighted by Crippen LogP contribution is 2.17. The minimum atomic E-state index is -0.429. The van der Waals surface area contributed by atoms with Crippen molar-refractivity contribution in [3.05, 3.63) is 74.8 Å². The molecule has 5 nitrogen and oxygen atoms in total. The Morgan fingerprint density at radius 2 is 1.76 bits per heavy atom. The van der Waals surface area contributed by atoms with Gasteiger partial charge in [-0.1, -0.05) is 35.9 Å². The van der Waals surface area contributed by atoms with Gasteiger partial charge in [-0.15, -0.1) is 0 Å². The third-order valence-corrected chi connectivity index (χ3v) is 3.41. The number of halogens is 1. The number of non-ortho nitro benzene ring substituents is 1. The predicted octanol–water partition coefficient (Wildman–Crippen LogP) is 3.07. The molecule has 0 bridgehead atoms. The molecule has 1 atom stereocenters. The molecule has 2 N–H and O–H groups in total. The van der Waals surface area contributed by atoms with Crippen LogP contribution in [0.15, 0.2) is 48.5 Å². The van der Waals surface area contributed by atoms with Crippen molar-refractivity contribution in [2.24, 2.45) is 0 Å². The van der Waals surface area contributed by atoms with E-state index in [2.05, 4.69) is 5.32 Å². The summed E-state index contributed by atoms with van der Waals surface area (Å²) in [6.07, 6.45) is 0. The van der Waals surface area contributed by atoms with E-state index in [1.54, 1.807) is 24.3 Å². The largest absolute Gasteiger partial charge is 0.394 e. The molecule has 2 aromatic carbocycles. The average molecular weight is 307 g/mol. The number of aliphatic hydroxyl groups excluding tert-OH is 1. The monoisotopic (exact) mass is 306 g/mol. The van der Waals surface area contributed by atoms with Crippen molar-refractivity contribution in [1.29, 1.82) is 0 Å². The van der Waals surface area contributed by atoms with Crippen LogP contribution < -0.4 is 5.32 Å². The zero-order valence-corrected chi connectivity index (χ0v) is 12.0. The molecule has 0 amide bonds. The van der Waals surface area contributed by atoms with Gasteiger partial charge in [0.05, 0.1) is 17.6 Å². The highest BCUT2D eigenvalue weighted by molar-refractivity contribution is 6.30. The van der Waals surface area contributed by atoms with Gasteiger partial charge in [0, 0.05) is 23.7 Å². The first-order chi connectivity index (χ1) is 10.1. The molecule has 0 radical (unpaired) electrons. The van der Waals surface area contributed by atoms with Crippen LogP contribution in [0.4, 0.5) is 5.69 Å². The normalized spacial score (nSPS) is 12.1. The van der Waals surface area contributed by atoms with Gasteiger partial charge in [-0.05, 0) is 23.3 Å². The van der Waals surface area contributed by atoms with Crippen molar-refractivity contribution in [2.75, 3.05) is 6.61 Å². The summed E-state index contributed by atoms with van der Waals surface area (Å²) in [5, 5.41) is 23.9. The number of nitrogens with one attached hydrogen (secondary N) is 1. The number of benzene rings is 2. The molecule has 0 aliphatic heterocycles. The Labute approximate surface area is 127 Å². The Hall–Kier alpha value is -1.95. The van der Waals surface area contributed by atoms with Crippen molar-refractivity contribution in [2.45, 2.75) is 12.6 Å². The summed E-state index contributed by atoms with van der Waals surface area (Å²) in [5.74, 6) is 0. The summed E-state index contributed by atoms with van der Waals surface area (Å²) in [6, 6.07) is 13.4. The lowest BCUT2D eigenvalue weighted by atomic mass is 10.1. The lowest BCUT2D eigenvalue weighted by molar-refractivity contribution is -0.384. The zero-order chi connectivity index (χ0) is 15.2. The van der Waals surface area contributed by atoms with E-state index in [0.29, 0.717) is 11.6 Å². The highest BCUT2D eigenvalue weighted by Gasteiger charge is 2.10. The van der Waals surface area contributed by atoms with Gasteiger partial charge in [0.25, 0.3) is 5.69 Å². The molecule has 0 aliphatic carbocycles. The Kier molecular flexibility index (Phi) is 5.27. The zero-order valence-electron chi connectivity index (χ0n) is 11.2. The first-order valence-electron chi connectivity index (χ1n) is 6.43. The lowest BCUT2D eigenvalue weighted by Crippen LogP contribution is -2.23. The van der Waals surface area contributed by atoms with Gasteiger partial charge in [-0.3, -0.25) is 10.1 Å². The maximum absolute atomic E-state index is 10.6. The molecule has 0 saturated carbocycles. The minimum Gasteiger partial charge on any atom is -0.394 e. The van der Waals surface area contributed by atoms with Gasteiger partial charge < -0.3 is 10.4 Å². The second-order valence-electron chi connectivity index (χ2n) is 4.59. The molecule has 2 aromatic rings. The van der Waals surface area contributed by atoms with Crippen molar-refractivity contribution in [1.82, 2.24) is 5.32 Å². The lowest BCUT2D eigenvalue weighted by Gasteiger charge is -2.17. The van der Waals surface area contributed by atoms with Gasteiger partial charge in [-0.25, -0.2) is 0 Å². The second-order valence-corrected chi connectivity index (χ2v) is 5.03. The summed E-state index contributed by atoms with van der Waals surface area (Å²) >= 11 is 5.83. The number of hydrogen-bond acceptors (Lipinski definition) is 4. The Balaban J connectivity index is 1.99.